The van der Waals surface area contributed by atoms with Gasteiger partial charge in [-0.15, -0.1) is 0 Å². The van der Waals surface area contributed by atoms with Crippen LogP contribution in [0.25, 0.3) is 0 Å². The normalized spacial score (nSPS) is 36.5. The number of hydrogen-bond acceptors (Lipinski definition) is 1. The Kier molecular flexibility index (Phi) is 6.45. The molecule has 0 aromatic carbocycles. The zero-order valence-electron chi connectivity index (χ0n) is 17.6. The van der Waals surface area contributed by atoms with Crippen LogP contribution in [0, 0.1) is 28.1 Å². The van der Waals surface area contributed by atoms with Crippen LogP contribution in [0.15, 0.2) is 0 Å². The molecule has 23 heavy (non-hydrogen) atoms. The van der Waals surface area contributed by atoms with Crippen LogP contribution in [0.1, 0.15) is 107 Å². The van der Waals surface area contributed by atoms with Gasteiger partial charge in [-0.3, -0.25) is 0 Å². The molecule has 0 amide bonds. The molecule has 5 atom stereocenters. The molecule has 1 aliphatic carbocycles. The van der Waals surface area contributed by atoms with Crippen molar-refractivity contribution >= 4 is 0 Å². The maximum Gasteiger partial charge on any atom is 0.0627 e. The van der Waals surface area contributed by atoms with Gasteiger partial charge in [0, 0.05) is 0 Å². The van der Waals surface area contributed by atoms with Gasteiger partial charge in [0.1, 0.15) is 0 Å². The van der Waals surface area contributed by atoms with Gasteiger partial charge in [-0.1, -0.05) is 68.2 Å². The molecule has 1 saturated carbocycles. The number of hydrogen-bond donors (Lipinski definition) is 1. The average Bonchev–Trinajstić information content (AvgIpc) is 2.34. The molecule has 0 aromatic heterocycles. The lowest BCUT2D eigenvalue weighted by molar-refractivity contribution is -0.0758. The lowest BCUT2D eigenvalue weighted by atomic mass is 9.54. The Balaban J connectivity index is 2.98. The predicted molar refractivity (Wildman–Crippen MR) is 103 cm³/mol. The molecule has 1 aliphatic rings. The molecule has 0 bridgehead atoms. The summed E-state index contributed by atoms with van der Waals surface area (Å²) in [5.74, 6) is 1.36. The van der Waals surface area contributed by atoms with Gasteiger partial charge in [-0.2, -0.15) is 0 Å². The van der Waals surface area contributed by atoms with E-state index in [2.05, 4.69) is 62.3 Å². The number of aliphatic hydroxyl groups is 1. The summed E-state index contributed by atoms with van der Waals surface area (Å²) in [5.41, 5.74) is 0.480. The van der Waals surface area contributed by atoms with Crippen molar-refractivity contribution in [1.29, 1.82) is 0 Å². The van der Waals surface area contributed by atoms with E-state index < -0.39 is 5.60 Å². The van der Waals surface area contributed by atoms with E-state index in [0.29, 0.717) is 22.7 Å². The highest BCUT2D eigenvalue weighted by Crippen LogP contribution is 2.55. The topological polar surface area (TPSA) is 20.2 Å². The highest BCUT2D eigenvalue weighted by atomic mass is 16.3. The second-order valence-electron chi connectivity index (χ2n) is 10.7. The van der Waals surface area contributed by atoms with Gasteiger partial charge in [-0.05, 0) is 67.1 Å². The van der Waals surface area contributed by atoms with Crippen LogP contribution in [-0.2, 0) is 0 Å². The van der Waals surface area contributed by atoms with Crippen LogP contribution in [0.5, 0.6) is 0 Å². The van der Waals surface area contributed by atoms with E-state index in [1.807, 2.05) is 0 Å². The largest absolute Gasteiger partial charge is 0.390 e. The van der Waals surface area contributed by atoms with Crippen molar-refractivity contribution in [3.63, 3.8) is 0 Å². The molecule has 0 heterocycles. The lowest BCUT2D eigenvalue weighted by Gasteiger charge is -2.52. The molecule has 0 aliphatic heterocycles. The third-order valence-electron chi connectivity index (χ3n) is 7.26. The zero-order chi connectivity index (χ0) is 18.1. The van der Waals surface area contributed by atoms with E-state index >= 15 is 0 Å². The molecule has 1 heteroatoms. The summed E-state index contributed by atoms with van der Waals surface area (Å²) in [6, 6.07) is 0. The first-order valence-electron chi connectivity index (χ1n) is 10.0. The monoisotopic (exact) mass is 324 g/mol. The Morgan fingerprint density at radius 2 is 1.65 bits per heavy atom. The molecule has 0 spiro atoms. The van der Waals surface area contributed by atoms with Gasteiger partial charge >= 0.3 is 0 Å². The van der Waals surface area contributed by atoms with Crippen molar-refractivity contribution in [2.24, 2.45) is 28.1 Å². The van der Waals surface area contributed by atoms with Crippen molar-refractivity contribution in [2.75, 3.05) is 0 Å². The molecule has 138 valence electrons. The fourth-order valence-electron chi connectivity index (χ4n) is 5.74. The molecule has 0 aromatic rings. The predicted octanol–water partition coefficient (Wildman–Crippen LogP) is 6.83. The minimum absolute atomic E-state index is 0.280. The third kappa shape index (κ3) is 4.97. The quantitative estimate of drug-likeness (QED) is 0.567. The van der Waals surface area contributed by atoms with Crippen LogP contribution in [0.2, 0.25) is 0 Å². The molecule has 0 radical (unpaired) electrons. The summed E-state index contributed by atoms with van der Waals surface area (Å²) in [7, 11) is 0. The second-order valence-corrected chi connectivity index (χ2v) is 10.7. The minimum atomic E-state index is -0.476. The van der Waals surface area contributed by atoms with Crippen LogP contribution in [0.3, 0.4) is 0 Å². The Morgan fingerprint density at radius 3 is 2.09 bits per heavy atom. The Hall–Kier alpha value is -0.0400. The van der Waals surface area contributed by atoms with E-state index in [9.17, 15) is 5.11 Å². The van der Waals surface area contributed by atoms with E-state index in [1.54, 1.807) is 0 Å². The van der Waals surface area contributed by atoms with Crippen LogP contribution in [-0.4, -0.2) is 10.7 Å². The van der Waals surface area contributed by atoms with Gasteiger partial charge in [0.15, 0.2) is 0 Å². The van der Waals surface area contributed by atoms with Crippen LogP contribution >= 0.6 is 0 Å². The van der Waals surface area contributed by atoms with Gasteiger partial charge in [0.2, 0.25) is 0 Å². The Bertz CT molecular complexity index is 378. The molecule has 1 fully saturated rings. The smallest absolute Gasteiger partial charge is 0.0627 e. The lowest BCUT2D eigenvalue weighted by Crippen LogP contribution is -2.45. The van der Waals surface area contributed by atoms with Gasteiger partial charge < -0.3 is 5.11 Å². The first-order valence-corrected chi connectivity index (χ1v) is 10.0. The summed E-state index contributed by atoms with van der Waals surface area (Å²) in [5, 5.41) is 10.8. The molecule has 1 rings (SSSR count). The maximum atomic E-state index is 10.8. The van der Waals surface area contributed by atoms with Crippen LogP contribution < -0.4 is 0 Å². The molecular weight excluding hydrogens is 280 g/mol. The SMILES string of the molecule is CCCC(C)(C(C)CC1(C)CC(CC)CC(C)(O)C1)C(C)(C)C. The molecule has 0 saturated heterocycles. The molecular formula is C22H44O. The summed E-state index contributed by atoms with van der Waals surface area (Å²) in [6.07, 6.45) is 8.23. The summed E-state index contributed by atoms with van der Waals surface area (Å²) < 4.78 is 0. The van der Waals surface area contributed by atoms with Crippen molar-refractivity contribution in [2.45, 2.75) is 113 Å². The van der Waals surface area contributed by atoms with Gasteiger partial charge in [-0.25, -0.2) is 0 Å². The molecule has 5 unspecified atom stereocenters. The average molecular weight is 325 g/mol. The maximum absolute atomic E-state index is 10.8. The summed E-state index contributed by atoms with van der Waals surface area (Å²) in [4.78, 5) is 0. The standard InChI is InChI=1S/C22H44O/c1-10-12-22(9,19(4,5)6)17(3)13-20(7)14-18(11-2)15-21(8,23)16-20/h17-18,23H,10-16H2,1-9H3. The highest BCUT2D eigenvalue weighted by Gasteiger charge is 2.47. The van der Waals surface area contributed by atoms with Crippen molar-refractivity contribution < 1.29 is 5.11 Å². The fourth-order valence-corrected chi connectivity index (χ4v) is 5.74. The van der Waals surface area contributed by atoms with Crippen molar-refractivity contribution in [3.05, 3.63) is 0 Å². The number of rotatable bonds is 6. The molecule has 1 N–H and O–H groups in total. The molecule has 1 nitrogen and oxygen atoms in total. The first-order chi connectivity index (χ1) is 10.3. The van der Waals surface area contributed by atoms with E-state index in [-0.39, 0.29) is 5.41 Å². The van der Waals surface area contributed by atoms with Gasteiger partial charge in [0.05, 0.1) is 5.60 Å². The highest BCUT2D eigenvalue weighted by molar-refractivity contribution is 4.98. The van der Waals surface area contributed by atoms with Crippen molar-refractivity contribution in [1.82, 2.24) is 0 Å². The third-order valence-corrected chi connectivity index (χ3v) is 7.26. The zero-order valence-corrected chi connectivity index (χ0v) is 17.6. The van der Waals surface area contributed by atoms with E-state index in [0.717, 1.165) is 12.8 Å². The minimum Gasteiger partial charge on any atom is -0.390 e. The van der Waals surface area contributed by atoms with E-state index in [1.165, 1.54) is 32.1 Å². The Morgan fingerprint density at radius 1 is 1.09 bits per heavy atom. The van der Waals surface area contributed by atoms with Gasteiger partial charge in [0.25, 0.3) is 0 Å². The fraction of sp³-hybridized carbons (Fsp3) is 1.00. The summed E-state index contributed by atoms with van der Waals surface area (Å²) >= 11 is 0. The van der Waals surface area contributed by atoms with Crippen molar-refractivity contribution in [3.8, 4) is 0 Å². The van der Waals surface area contributed by atoms with E-state index in [4.69, 9.17) is 0 Å². The first kappa shape index (κ1) is 21.0. The Labute approximate surface area is 146 Å². The summed E-state index contributed by atoms with van der Waals surface area (Å²) in [6.45, 7) is 21.3. The van der Waals surface area contributed by atoms with Crippen LogP contribution in [0.4, 0.5) is 0 Å². The second kappa shape index (κ2) is 7.06.